The number of esters is 1. The van der Waals surface area contributed by atoms with E-state index in [1.807, 2.05) is 0 Å². The first-order chi connectivity index (χ1) is 11.2. The number of amides is 1. The Morgan fingerprint density at radius 2 is 1.79 bits per heavy atom. The fourth-order valence-electron chi connectivity index (χ4n) is 1.79. The molecule has 1 amide bonds. The van der Waals surface area contributed by atoms with Gasteiger partial charge in [0.1, 0.15) is 5.76 Å². The lowest BCUT2D eigenvalue weighted by Crippen LogP contribution is -2.29. The zero-order valence-electron chi connectivity index (χ0n) is 13.0. The molecular formula is C15H16N2O6S. The van der Waals surface area contributed by atoms with Gasteiger partial charge in [-0.1, -0.05) is 0 Å². The van der Waals surface area contributed by atoms with E-state index in [9.17, 15) is 18.0 Å². The van der Waals surface area contributed by atoms with Crippen LogP contribution in [0.1, 0.15) is 23.2 Å². The van der Waals surface area contributed by atoms with Gasteiger partial charge in [0.25, 0.3) is 5.91 Å². The Hall–Kier alpha value is -2.65. The first-order valence-electron chi connectivity index (χ1n) is 6.88. The summed E-state index contributed by atoms with van der Waals surface area (Å²) in [5.74, 6) is -0.774. The number of nitrogens with one attached hydrogen (secondary N) is 1. The molecule has 0 saturated carbocycles. The maximum atomic E-state index is 12.0. The third-order valence-electron chi connectivity index (χ3n) is 3.04. The van der Waals surface area contributed by atoms with Crippen molar-refractivity contribution in [2.75, 3.05) is 5.32 Å². The highest BCUT2D eigenvalue weighted by atomic mass is 32.2. The molecule has 0 spiro atoms. The van der Waals surface area contributed by atoms with Crippen molar-refractivity contribution in [3.8, 4) is 0 Å². The van der Waals surface area contributed by atoms with Gasteiger partial charge in [-0.15, -0.1) is 0 Å². The fraction of sp³-hybridized carbons (Fsp3) is 0.200. The van der Waals surface area contributed by atoms with Gasteiger partial charge in [-0.3, -0.25) is 4.79 Å². The maximum absolute atomic E-state index is 12.0. The van der Waals surface area contributed by atoms with Gasteiger partial charge in [0.15, 0.2) is 6.10 Å². The minimum Gasteiger partial charge on any atom is -0.454 e. The molecule has 0 fully saturated rings. The summed E-state index contributed by atoms with van der Waals surface area (Å²) in [5, 5.41) is 7.49. The number of rotatable bonds is 5. The first kappa shape index (κ1) is 17.7. The molecule has 1 aromatic carbocycles. The zero-order valence-corrected chi connectivity index (χ0v) is 13.8. The normalized spacial score (nSPS) is 12.5. The third kappa shape index (κ3) is 4.43. The van der Waals surface area contributed by atoms with E-state index in [0.717, 1.165) is 0 Å². The Balaban J connectivity index is 1.97. The number of primary sulfonamides is 1. The number of carbonyl (C=O) groups excluding carboxylic acids is 2. The number of anilines is 1. The Morgan fingerprint density at radius 1 is 1.17 bits per heavy atom. The molecule has 24 heavy (non-hydrogen) atoms. The van der Waals surface area contributed by atoms with Crippen molar-refractivity contribution >= 4 is 27.6 Å². The molecule has 0 unspecified atom stereocenters. The first-order valence-corrected chi connectivity index (χ1v) is 8.42. The van der Waals surface area contributed by atoms with E-state index in [4.69, 9.17) is 14.3 Å². The second kappa shape index (κ2) is 6.85. The van der Waals surface area contributed by atoms with Gasteiger partial charge in [-0.05, 0) is 50.2 Å². The highest BCUT2D eigenvalue weighted by Gasteiger charge is 2.21. The highest BCUT2D eigenvalue weighted by molar-refractivity contribution is 7.89. The lowest BCUT2D eigenvalue weighted by atomic mass is 10.3. The van der Waals surface area contributed by atoms with E-state index >= 15 is 0 Å². The Morgan fingerprint density at radius 3 is 2.29 bits per heavy atom. The summed E-state index contributed by atoms with van der Waals surface area (Å²) in [6.45, 7) is 3.08. The van der Waals surface area contributed by atoms with Crippen LogP contribution in [0.3, 0.4) is 0 Å². The molecule has 0 aliphatic rings. The van der Waals surface area contributed by atoms with E-state index in [1.165, 1.54) is 37.3 Å². The van der Waals surface area contributed by atoms with Crippen LogP contribution in [-0.4, -0.2) is 26.4 Å². The monoisotopic (exact) mass is 352 g/mol. The fourth-order valence-corrected chi connectivity index (χ4v) is 2.30. The van der Waals surface area contributed by atoms with Crippen molar-refractivity contribution < 1.29 is 27.2 Å². The van der Waals surface area contributed by atoms with Crippen LogP contribution >= 0.6 is 0 Å². The molecule has 2 aromatic rings. The van der Waals surface area contributed by atoms with E-state index < -0.39 is 28.0 Å². The number of aryl methyl sites for hydroxylation is 1. The van der Waals surface area contributed by atoms with Crippen LogP contribution in [0.25, 0.3) is 0 Å². The molecule has 1 atom stereocenters. The number of nitrogens with two attached hydrogens (primary N) is 1. The lowest BCUT2D eigenvalue weighted by molar-refractivity contribution is -0.123. The van der Waals surface area contributed by atoms with Gasteiger partial charge < -0.3 is 14.5 Å². The van der Waals surface area contributed by atoms with Crippen molar-refractivity contribution in [3.63, 3.8) is 0 Å². The lowest BCUT2D eigenvalue weighted by Gasteiger charge is -2.13. The largest absolute Gasteiger partial charge is 0.454 e. The van der Waals surface area contributed by atoms with Gasteiger partial charge in [0.05, 0.1) is 4.90 Å². The van der Waals surface area contributed by atoms with Crippen LogP contribution in [0.15, 0.2) is 45.7 Å². The Kier molecular flexibility index (Phi) is 5.05. The van der Waals surface area contributed by atoms with Crippen molar-refractivity contribution in [2.24, 2.45) is 5.14 Å². The Labute approximate surface area is 138 Å². The zero-order chi connectivity index (χ0) is 17.9. The summed E-state index contributed by atoms with van der Waals surface area (Å²) in [6, 6.07) is 8.33. The van der Waals surface area contributed by atoms with Gasteiger partial charge in [0.2, 0.25) is 15.8 Å². The number of hydrogen-bond donors (Lipinski definition) is 2. The predicted octanol–water partition coefficient (Wildman–Crippen LogP) is 1.42. The predicted molar refractivity (Wildman–Crippen MR) is 84.8 cm³/mol. The van der Waals surface area contributed by atoms with Crippen molar-refractivity contribution in [3.05, 3.63) is 47.9 Å². The van der Waals surface area contributed by atoms with Crippen LogP contribution in [0, 0.1) is 6.92 Å². The molecule has 1 heterocycles. The summed E-state index contributed by atoms with van der Waals surface area (Å²) >= 11 is 0. The van der Waals surface area contributed by atoms with E-state index in [2.05, 4.69) is 5.32 Å². The summed E-state index contributed by atoms with van der Waals surface area (Å²) < 4.78 is 32.4. The van der Waals surface area contributed by atoms with E-state index in [-0.39, 0.29) is 10.7 Å². The Bertz CT molecular complexity index is 854. The molecule has 0 radical (unpaired) electrons. The molecule has 9 heteroatoms. The second-order valence-electron chi connectivity index (χ2n) is 5.02. The summed E-state index contributed by atoms with van der Waals surface area (Å²) in [6.07, 6.45) is -1.07. The summed E-state index contributed by atoms with van der Waals surface area (Å²) in [7, 11) is -3.80. The molecule has 128 valence electrons. The second-order valence-corrected chi connectivity index (χ2v) is 6.58. The van der Waals surface area contributed by atoms with Crippen LogP contribution in [0.5, 0.6) is 0 Å². The van der Waals surface area contributed by atoms with Crippen molar-refractivity contribution in [1.82, 2.24) is 0 Å². The van der Waals surface area contributed by atoms with E-state index in [0.29, 0.717) is 11.4 Å². The molecule has 8 nitrogen and oxygen atoms in total. The van der Waals surface area contributed by atoms with Gasteiger partial charge in [-0.25, -0.2) is 18.4 Å². The molecule has 3 N–H and O–H groups in total. The smallest absolute Gasteiger partial charge is 0.375 e. The average molecular weight is 352 g/mol. The molecule has 0 bridgehead atoms. The standard InChI is InChI=1S/C15H16N2O6S/c1-9-3-8-13(22-9)15(19)23-10(2)14(18)17-11-4-6-12(7-5-11)24(16,20)21/h3-8,10H,1-2H3,(H,17,18)(H2,16,20,21)/t10-/m0/s1. The van der Waals surface area contributed by atoms with Crippen molar-refractivity contribution in [1.29, 1.82) is 0 Å². The molecule has 0 aliphatic heterocycles. The van der Waals surface area contributed by atoms with Gasteiger partial charge in [-0.2, -0.15) is 0 Å². The maximum Gasteiger partial charge on any atom is 0.375 e. The van der Waals surface area contributed by atoms with Gasteiger partial charge in [0, 0.05) is 5.69 Å². The summed E-state index contributed by atoms with van der Waals surface area (Å²) in [5.41, 5.74) is 0.337. The third-order valence-corrected chi connectivity index (χ3v) is 3.97. The number of sulfonamides is 1. The SMILES string of the molecule is Cc1ccc(C(=O)O[C@@H](C)C(=O)Nc2ccc(S(N)(=O)=O)cc2)o1. The van der Waals surface area contributed by atoms with Crippen LogP contribution < -0.4 is 10.5 Å². The number of furan rings is 1. The van der Waals surface area contributed by atoms with E-state index in [1.54, 1.807) is 13.0 Å². The number of carbonyl (C=O) groups is 2. The summed E-state index contributed by atoms with van der Waals surface area (Å²) in [4.78, 5) is 23.7. The van der Waals surface area contributed by atoms with Crippen LogP contribution in [-0.2, 0) is 19.6 Å². The number of benzene rings is 1. The topological polar surface area (TPSA) is 129 Å². The molecule has 1 aromatic heterocycles. The molecule has 0 saturated heterocycles. The van der Waals surface area contributed by atoms with Gasteiger partial charge >= 0.3 is 5.97 Å². The number of ether oxygens (including phenoxy) is 1. The highest BCUT2D eigenvalue weighted by Crippen LogP contribution is 2.14. The average Bonchev–Trinajstić information content (AvgIpc) is 2.93. The van der Waals surface area contributed by atoms with Crippen molar-refractivity contribution in [2.45, 2.75) is 24.8 Å². The minimum absolute atomic E-state index is 0.00431. The number of hydrogen-bond acceptors (Lipinski definition) is 6. The molecule has 0 aliphatic carbocycles. The van der Waals surface area contributed by atoms with Crippen LogP contribution in [0.4, 0.5) is 5.69 Å². The quantitative estimate of drug-likeness (QED) is 0.783. The van der Waals surface area contributed by atoms with Crippen LogP contribution in [0.2, 0.25) is 0 Å². The minimum atomic E-state index is -3.80. The molecule has 2 rings (SSSR count). The molecular weight excluding hydrogens is 336 g/mol.